The molecule has 1 fully saturated rings. The molecule has 3 rings (SSSR count). The molecule has 0 saturated carbocycles. The summed E-state index contributed by atoms with van der Waals surface area (Å²) in [7, 11) is 1.31. The van der Waals surface area contributed by atoms with Gasteiger partial charge in [0.2, 0.25) is 0 Å². The summed E-state index contributed by atoms with van der Waals surface area (Å²) in [4.78, 5) is 25.5. The lowest BCUT2D eigenvalue weighted by Crippen LogP contribution is -2.38. The number of alkyl halides is 1. The number of nitrogens with zero attached hydrogens (tertiary/aromatic N) is 3. The van der Waals surface area contributed by atoms with Gasteiger partial charge < -0.3 is 4.74 Å². The van der Waals surface area contributed by atoms with E-state index in [0.717, 1.165) is 15.4 Å². The molecule has 0 bridgehead atoms. The van der Waals surface area contributed by atoms with Gasteiger partial charge in [0, 0.05) is 36.3 Å². The number of hydrogen-bond donors (Lipinski definition) is 0. The Hall–Kier alpha value is -1.80. The molecule has 1 aliphatic rings. The molecule has 1 saturated heterocycles. The molecule has 1 aromatic heterocycles. The average Bonchev–Trinajstić information content (AvgIpc) is 3.12. The van der Waals surface area contributed by atoms with Crippen molar-refractivity contribution in [1.82, 2.24) is 14.7 Å². The summed E-state index contributed by atoms with van der Waals surface area (Å²) < 4.78 is 21.1. The molecule has 6 nitrogen and oxygen atoms in total. The van der Waals surface area contributed by atoms with Crippen molar-refractivity contribution >= 4 is 38.6 Å². The fourth-order valence-electron chi connectivity index (χ4n) is 3.28. The second kappa shape index (κ2) is 7.21. The first kappa shape index (κ1) is 18.0. The van der Waals surface area contributed by atoms with Gasteiger partial charge in [-0.3, -0.25) is 19.2 Å². The van der Waals surface area contributed by atoms with Crippen LogP contribution in [0.4, 0.5) is 4.39 Å². The van der Waals surface area contributed by atoms with Crippen molar-refractivity contribution in [2.24, 2.45) is 0 Å². The number of hydrogen-bond acceptors (Lipinski definition) is 5. The van der Waals surface area contributed by atoms with Crippen molar-refractivity contribution in [3.63, 3.8) is 0 Å². The first-order chi connectivity index (χ1) is 11.9. The molecular weight excluding hydrogens is 393 g/mol. The summed E-state index contributed by atoms with van der Waals surface area (Å²) in [6, 6.07) is 5.07. The van der Waals surface area contributed by atoms with Crippen LogP contribution in [0.5, 0.6) is 0 Å². The van der Waals surface area contributed by atoms with Crippen LogP contribution in [0.3, 0.4) is 0 Å². The Bertz CT molecular complexity index is 823. The predicted molar refractivity (Wildman–Crippen MR) is 94.3 cm³/mol. The average molecular weight is 412 g/mol. The third-order valence-corrected chi connectivity index (χ3v) is 4.96. The van der Waals surface area contributed by atoms with Crippen molar-refractivity contribution in [1.29, 1.82) is 0 Å². The van der Waals surface area contributed by atoms with Crippen molar-refractivity contribution in [3.8, 4) is 0 Å². The Morgan fingerprint density at radius 1 is 1.40 bits per heavy atom. The molecule has 0 radical (unpaired) electrons. The minimum atomic E-state index is -1.04. The lowest BCUT2D eigenvalue weighted by molar-refractivity contribution is -0.145. The van der Waals surface area contributed by atoms with E-state index in [2.05, 4.69) is 21.0 Å². The lowest BCUT2D eigenvalue weighted by atomic mass is 10.2. The molecule has 1 aromatic carbocycles. The summed E-state index contributed by atoms with van der Waals surface area (Å²) in [5, 5.41) is 5.18. The van der Waals surface area contributed by atoms with Crippen molar-refractivity contribution < 1.29 is 18.7 Å². The monoisotopic (exact) mass is 411 g/mol. The highest BCUT2D eigenvalue weighted by Crippen LogP contribution is 2.25. The Morgan fingerprint density at radius 3 is 2.84 bits per heavy atom. The van der Waals surface area contributed by atoms with Crippen LogP contribution in [0.2, 0.25) is 0 Å². The number of likely N-dealkylation sites (tertiary alicyclic amines) is 1. The van der Waals surface area contributed by atoms with Crippen LogP contribution in [0.15, 0.2) is 22.7 Å². The van der Waals surface area contributed by atoms with Crippen molar-refractivity contribution in [2.45, 2.75) is 32.1 Å². The molecule has 8 heteroatoms. The van der Waals surface area contributed by atoms with Crippen LogP contribution in [0, 0.1) is 0 Å². The zero-order chi connectivity index (χ0) is 18.1. The summed E-state index contributed by atoms with van der Waals surface area (Å²) >= 11 is 3.41. The molecule has 0 aliphatic carbocycles. The standard InChI is InChI=1S/C17H19BrFN3O3/c1-10(23)16-13-7-11(18)3-4-14(13)22(20-16)6-5-21-9-12(19)8-15(21)17(24)25-2/h3-4,7,12,15H,5-6,8-9H2,1-2H3/t12-,15-/m1/s1. The zero-order valence-corrected chi connectivity index (χ0v) is 15.6. The number of halogens is 2. The van der Waals surface area contributed by atoms with E-state index >= 15 is 0 Å². The number of carbonyl (C=O) groups excluding carboxylic acids is 2. The summed E-state index contributed by atoms with van der Waals surface area (Å²) in [6.45, 7) is 2.58. The van der Waals surface area contributed by atoms with E-state index in [-0.39, 0.29) is 18.7 Å². The largest absolute Gasteiger partial charge is 0.468 e. The SMILES string of the molecule is COC(=O)[C@H]1C[C@@H](F)CN1CCn1nc(C(C)=O)c2cc(Br)ccc21. The second-order valence-electron chi connectivity index (χ2n) is 6.16. The van der Waals surface area contributed by atoms with E-state index in [1.165, 1.54) is 14.0 Å². The van der Waals surface area contributed by atoms with Gasteiger partial charge in [0.05, 0.1) is 19.2 Å². The number of fused-ring (bicyclic) bond motifs is 1. The number of esters is 1. The van der Waals surface area contributed by atoms with Gasteiger partial charge in [-0.15, -0.1) is 0 Å². The lowest BCUT2D eigenvalue weighted by Gasteiger charge is -2.21. The van der Waals surface area contributed by atoms with Gasteiger partial charge in [-0.1, -0.05) is 15.9 Å². The Labute approximate surface area is 153 Å². The van der Waals surface area contributed by atoms with Gasteiger partial charge in [-0.05, 0) is 18.2 Å². The quantitative estimate of drug-likeness (QED) is 0.558. The third kappa shape index (κ3) is 3.59. The molecule has 0 amide bonds. The van der Waals surface area contributed by atoms with E-state index in [4.69, 9.17) is 4.74 Å². The molecule has 0 N–H and O–H groups in total. The maximum absolute atomic E-state index is 13.7. The molecule has 2 aromatic rings. The summed E-state index contributed by atoms with van der Waals surface area (Å²) in [5.74, 6) is -0.530. The van der Waals surface area contributed by atoms with Crippen LogP contribution in [0.25, 0.3) is 10.9 Å². The van der Waals surface area contributed by atoms with Gasteiger partial charge in [-0.25, -0.2) is 4.39 Å². The van der Waals surface area contributed by atoms with E-state index in [1.54, 1.807) is 9.58 Å². The molecule has 25 heavy (non-hydrogen) atoms. The maximum atomic E-state index is 13.7. The van der Waals surface area contributed by atoms with Gasteiger partial charge in [0.25, 0.3) is 0 Å². The molecule has 1 aliphatic heterocycles. The van der Waals surface area contributed by atoms with Crippen LogP contribution >= 0.6 is 15.9 Å². The fraction of sp³-hybridized carbons (Fsp3) is 0.471. The number of ether oxygens (including phenoxy) is 1. The molecule has 0 unspecified atom stereocenters. The number of Topliss-reactive ketones (excluding diaryl/α,β-unsaturated/α-hetero) is 1. The van der Waals surface area contributed by atoms with Crippen molar-refractivity contribution in [3.05, 3.63) is 28.4 Å². The van der Waals surface area contributed by atoms with Crippen LogP contribution < -0.4 is 0 Å². The second-order valence-corrected chi connectivity index (χ2v) is 7.07. The molecule has 134 valence electrons. The van der Waals surface area contributed by atoms with E-state index in [0.29, 0.717) is 18.8 Å². The molecular formula is C17H19BrFN3O3. The number of benzene rings is 1. The van der Waals surface area contributed by atoms with Gasteiger partial charge in [0.1, 0.15) is 17.9 Å². The van der Waals surface area contributed by atoms with Gasteiger partial charge in [-0.2, -0.15) is 5.10 Å². The topological polar surface area (TPSA) is 64.4 Å². The minimum absolute atomic E-state index is 0.112. The van der Waals surface area contributed by atoms with E-state index in [1.807, 2.05) is 18.2 Å². The minimum Gasteiger partial charge on any atom is -0.468 e. The highest BCUT2D eigenvalue weighted by Gasteiger charge is 2.37. The highest BCUT2D eigenvalue weighted by molar-refractivity contribution is 9.10. The van der Waals surface area contributed by atoms with E-state index in [9.17, 15) is 14.0 Å². The fourth-order valence-corrected chi connectivity index (χ4v) is 3.64. The van der Waals surface area contributed by atoms with Crippen LogP contribution in [-0.2, 0) is 16.1 Å². The maximum Gasteiger partial charge on any atom is 0.323 e. The Kier molecular flexibility index (Phi) is 5.19. The summed E-state index contributed by atoms with van der Waals surface area (Å²) in [6.07, 6.45) is -0.889. The Balaban J connectivity index is 1.84. The van der Waals surface area contributed by atoms with Gasteiger partial charge in [0.15, 0.2) is 5.78 Å². The number of aromatic nitrogens is 2. The first-order valence-electron chi connectivity index (χ1n) is 8.03. The highest BCUT2D eigenvalue weighted by atomic mass is 79.9. The van der Waals surface area contributed by atoms with Crippen LogP contribution in [0.1, 0.15) is 23.8 Å². The molecule has 2 heterocycles. The van der Waals surface area contributed by atoms with Crippen LogP contribution in [-0.4, -0.2) is 58.8 Å². The van der Waals surface area contributed by atoms with Crippen molar-refractivity contribution in [2.75, 3.05) is 20.2 Å². The molecule has 2 atom stereocenters. The normalized spacial score (nSPS) is 21.0. The predicted octanol–water partition coefficient (Wildman–Crippen LogP) is 2.59. The number of methoxy groups -OCH3 is 1. The molecule has 0 spiro atoms. The number of rotatable bonds is 5. The summed E-state index contributed by atoms with van der Waals surface area (Å²) in [5.41, 5.74) is 1.24. The number of ketones is 1. The first-order valence-corrected chi connectivity index (χ1v) is 8.83. The zero-order valence-electron chi connectivity index (χ0n) is 14.0. The third-order valence-electron chi connectivity index (χ3n) is 4.47. The van der Waals surface area contributed by atoms with Gasteiger partial charge >= 0.3 is 5.97 Å². The Morgan fingerprint density at radius 2 is 2.16 bits per heavy atom. The number of carbonyl (C=O) groups is 2. The van der Waals surface area contributed by atoms with E-state index < -0.39 is 18.2 Å². The smallest absolute Gasteiger partial charge is 0.323 e.